The number of rotatable bonds is 5. The minimum absolute atomic E-state index is 0.331. The van der Waals surface area contributed by atoms with Crippen molar-refractivity contribution in [3.05, 3.63) is 77.2 Å². The Kier molecular flexibility index (Phi) is 4.79. The van der Waals surface area contributed by atoms with Gasteiger partial charge in [-0.2, -0.15) is 5.10 Å². The van der Waals surface area contributed by atoms with E-state index in [1.165, 1.54) is 6.20 Å². The highest BCUT2D eigenvalue weighted by Crippen LogP contribution is 2.14. The highest BCUT2D eigenvalue weighted by Gasteiger charge is 2.21. The number of nitrogens with one attached hydrogen (secondary N) is 1. The number of amides is 2. The molecule has 0 bridgehead atoms. The highest BCUT2D eigenvalue weighted by atomic mass is 16.2. The molecule has 0 radical (unpaired) electrons. The average molecular weight is 349 g/mol. The van der Waals surface area contributed by atoms with Crippen LogP contribution < -0.4 is 11.1 Å². The number of nitrogens with two attached hydrogens (primary N) is 1. The molecule has 0 saturated heterocycles. The van der Waals surface area contributed by atoms with Gasteiger partial charge in [-0.25, -0.2) is 9.67 Å². The van der Waals surface area contributed by atoms with E-state index in [0.717, 1.165) is 11.4 Å². The molecule has 2 heterocycles. The Hall–Kier alpha value is -3.48. The SMILES string of the molecule is Cc1cc(C)n(-c2ccc(C(=O)N[C@H](C(N)=O)c3ccccc3)cn2)n1. The van der Waals surface area contributed by atoms with Crippen molar-refractivity contribution in [1.29, 1.82) is 0 Å². The van der Waals surface area contributed by atoms with Crippen LogP contribution in [0.4, 0.5) is 0 Å². The summed E-state index contributed by atoms with van der Waals surface area (Å²) in [6.45, 7) is 3.83. The Morgan fingerprint density at radius 1 is 1.12 bits per heavy atom. The van der Waals surface area contributed by atoms with Gasteiger partial charge in [-0.1, -0.05) is 30.3 Å². The van der Waals surface area contributed by atoms with Gasteiger partial charge in [0, 0.05) is 11.9 Å². The number of hydrogen-bond acceptors (Lipinski definition) is 4. The first kappa shape index (κ1) is 17.3. The molecule has 0 aliphatic heterocycles. The normalized spacial score (nSPS) is 11.8. The summed E-state index contributed by atoms with van der Waals surface area (Å²) < 4.78 is 1.70. The van der Waals surface area contributed by atoms with Crippen LogP contribution in [0.15, 0.2) is 54.7 Å². The number of pyridine rings is 1. The topological polar surface area (TPSA) is 103 Å². The Morgan fingerprint density at radius 3 is 2.38 bits per heavy atom. The Bertz CT molecular complexity index is 932. The van der Waals surface area contributed by atoms with Crippen molar-refractivity contribution >= 4 is 11.8 Å². The minimum Gasteiger partial charge on any atom is -0.368 e. The maximum absolute atomic E-state index is 12.5. The van der Waals surface area contributed by atoms with E-state index in [9.17, 15) is 9.59 Å². The first-order chi connectivity index (χ1) is 12.5. The minimum atomic E-state index is -0.903. The van der Waals surface area contributed by atoms with Crippen molar-refractivity contribution < 1.29 is 9.59 Å². The predicted octanol–water partition coefficient (Wildman–Crippen LogP) is 1.84. The lowest BCUT2D eigenvalue weighted by Crippen LogP contribution is -2.37. The summed E-state index contributed by atoms with van der Waals surface area (Å²) >= 11 is 0. The average Bonchev–Trinajstić information content (AvgIpc) is 2.98. The number of hydrogen-bond donors (Lipinski definition) is 2. The largest absolute Gasteiger partial charge is 0.368 e. The van der Waals surface area contributed by atoms with Crippen LogP contribution in [0.25, 0.3) is 5.82 Å². The van der Waals surface area contributed by atoms with E-state index in [4.69, 9.17) is 5.73 Å². The number of carbonyl (C=O) groups excluding carboxylic acids is 2. The lowest BCUT2D eigenvalue weighted by molar-refractivity contribution is -0.120. The molecule has 7 nitrogen and oxygen atoms in total. The number of carbonyl (C=O) groups is 2. The third kappa shape index (κ3) is 3.61. The van der Waals surface area contributed by atoms with Crippen LogP contribution in [0.5, 0.6) is 0 Å². The molecule has 132 valence electrons. The van der Waals surface area contributed by atoms with E-state index < -0.39 is 17.9 Å². The van der Waals surface area contributed by atoms with Gasteiger partial charge in [0.25, 0.3) is 5.91 Å². The molecule has 3 N–H and O–H groups in total. The molecule has 0 aliphatic rings. The van der Waals surface area contributed by atoms with Crippen molar-refractivity contribution in [2.24, 2.45) is 5.73 Å². The number of nitrogens with zero attached hydrogens (tertiary/aromatic N) is 3. The summed E-state index contributed by atoms with van der Waals surface area (Å²) in [5, 5.41) is 7.01. The summed E-state index contributed by atoms with van der Waals surface area (Å²) in [4.78, 5) is 28.5. The number of benzene rings is 1. The lowest BCUT2D eigenvalue weighted by Gasteiger charge is -2.16. The number of aromatic nitrogens is 3. The molecule has 1 aromatic carbocycles. The molecule has 0 unspecified atom stereocenters. The quantitative estimate of drug-likeness (QED) is 0.733. The fourth-order valence-corrected chi connectivity index (χ4v) is 2.69. The van der Waals surface area contributed by atoms with Gasteiger partial charge in [-0.15, -0.1) is 0 Å². The van der Waals surface area contributed by atoms with Gasteiger partial charge in [0.15, 0.2) is 5.82 Å². The summed E-state index contributed by atoms with van der Waals surface area (Å²) in [5.41, 5.74) is 8.23. The summed E-state index contributed by atoms with van der Waals surface area (Å²) in [6.07, 6.45) is 1.45. The van der Waals surface area contributed by atoms with Gasteiger partial charge in [-0.3, -0.25) is 9.59 Å². The van der Waals surface area contributed by atoms with Crippen LogP contribution >= 0.6 is 0 Å². The zero-order valence-corrected chi connectivity index (χ0v) is 14.5. The van der Waals surface area contributed by atoms with Crippen molar-refractivity contribution in [2.45, 2.75) is 19.9 Å². The molecule has 0 spiro atoms. The highest BCUT2D eigenvalue weighted by molar-refractivity contribution is 5.97. The van der Waals surface area contributed by atoms with Gasteiger partial charge in [-0.05, 0) is 37.6 Å². The maximum atomic E-state index is 12.5. The third-order valence-electron chi connectivity index (χ3n) is 3.93. The fourth-order valence-electron chi connectivity index (χ4n) is 2.69. The Labute approximate surface area is 150 Å². The number of primary amides is 1. The molecular formula is C19H19N5O2. The molecular weight excluding hydrogens is 330 g/mol. The lowest BCUT2D eigenvalue weighted by atomic mass is 10.1. The van der Waals surface area contributed by atoms with Crippen LogP contribution in [-0.2, 0) is 4.79 Å². The van der Waals surface area contributed by atoms with Gasteiger partial charge >= 0.3 is 0 Å². The van der Waals surface area contributed by atoms with Crippen LogP contribution in [-0.4, -0.2) is 26.6 Å². The van der Waals surface area contributed by atoms with Crippen molar-refractivity contribution in [3.63, 3.8) is 0 Å². The second-order valence-electron chi connectivity index (χ2n) is 5.96. The zero-order chi connectivity index (χ0) is 18.7. The maximum Gasteiger partial charge on any atom is 0.253 e. The first-order valence-corrected chi connectivity index (χ1v) is 8.10. The van der Waals surface area contributed by atoms with Crippen molar-refractivity contribution in [3.8, 4) is 5.82 Å². The smallest absolute Gasteiger partial charge is 0.253 e. The fraction of sp³-hybridized carbons (Fsp3) is 0.158. The third-order valence-corrected chi connectivity index (χ3v) is 3.93. The van der Waals surface area contributed by atoms with Crippen LogP contribution in [0.1, 0.15) is 33.4 Å². The molecule has 0 fully saturated rings. The molecule has 3 rings (SSSR count). The first-order valence-electron chi connectivity index (χ1n) is 8.10. The summed E-state index contributed by atoms with van der Waals surface area (Å²) in [5.74, 6) is -0.441. The molecule has 7 heteroatoms. The molecule has 2 amide bonds. The zero-order valence-electron chi connectivity index (χ0n) is 14.5. The predicted molar refractivity (Wildman–Crippen MR) is 96.7 cm³/mol. The van der Waals surface area contributed by atoms with Crippen molar-refractivity contribution in [1.82, 2.24) is 20.1 Å². The number of aryl methyl sites for hydroxylation is 2. The van der Waals surface area contributed by atoms with E-state index in [2.05, 4.69) is 15.4 Å². The molecule has 0 aliphatic carbocycles. The molecule has 0 saturated carbocycles. The van der Waals surface area contributed by atoms with E-state index in [0.29, 0.717) is 16.9 Å². The molecule has 2 aromatic heterocycles. The van der Waals surface area contributed by atoms with Crippen molar-refractivity contribution in [2.75, 3.05) is 0 Å². The van der Waals surface area contributed by atoms with E-state index in [1.54, 1.807) is 41.1 Å². The van der Waals surface area contributed by atoms with Crippen LogP contribution in [0.3, 0.4) is 0 Å². The van der Waals surface area contributed by atoms with E-state index >= 15 is 0 Å². The molecule has 26 heavy (non-hydrogen) atoms. The Morgan fingerprint density at radius 2 is 1.85 bits per heavy atom. The Balaban J connectivity index is 1.79. The standard InChI is InChI=1S/C19H19N5O2/c1-12-10-13(2)24(23-12)16-9-8-15(11-21-16)19(26)22-17(18(20)25)14-6-4-3-5-7-14/h3-11,17H,1-2H3,(H2,20,25)(H,22,26)/t17-/m0/s1. The second-order valence-corrected chi connectivity index (χ2v) is 5.96. The van der Waals surface area contributed by atoms with Gasteiger partial charge in [0.05, 0.1) is 11.3 Å². The van der Waals surface area contributed by atoms with Gasteiger partial charge in [0.1, 0.15) is 6.04 Å². The van der Waals surface area contributed by atoms with E-state index in [1.807, 2.05) is 26.0 Å². The molecule has 1 atom stereocenters. The molecule has 3 aromatic rings. The van der Waals surface area contributed by atoms with Crippen LogP contribution in [0, 0.1) is 13.8 Å². The van der Waals surface area contributed by atoms with Crippen LogP contribution in [0.2, 0.25) is 0 Å². The van der Waals surface area contributed by atoms with Gasteiger partial charge < -0.3 is 11.1 Å². The summed E-state index contributed by atoms with van der Waals surface area (Å²) in [6, 6.07) is 13.2. The second kappa shape index (κ2) is 7.18. The summed E-state index contributed by atoms with van der Waals surface area (Å²) in [7, 11) is 0. The van der Waals surface area contributed by atoms with Gasteiger partial charge in [0.2, 0.25) is 5.91 Å². The van der Waals surface area contributed by atoms with E-state index in [-0.39, 0.29) is 0 Å². The monoisotopic (exact) mass is 349 g/mol.